The van der Waals surface area contributed by atoms with Crippen LogP contribution in [0.2, 0.25) is 0 Å². The monoisotopic (exact) mass is 327 g/mol. The lowest BCUT2D eigenvalue weighted by atomic mass is 10.1. The van der Waals surface area contributed by atoms with E-state index in [0.29, 0.717) is 30.3 Å². The summed E-state index contributed by atoms with van der Waals surface area (Å²) in [5, 5.41) is 2.62. The van der Waals surface area contributed by atoms with Gasteiger partial charge in [0.05, 0.1) is 16.1 Å². The van der Waals surface area contributed by atoms with Crippen molar-refractivity contribution in [2.24, 2.45) is 0 Å². The maximum atomic E-state index is 12.2. The van der Waals surface area contributed by atoms with Gasteiger partial charge in [-0.1, -0.05) is 6.07 Å². The average molecular weight is 327 g/mol. The predicted octanol–water partition coefficient (Wildman–Crippen LogP) is 1.40. The fraction of sp³-hybridized carbons (Fsp3) is 0.533. The van der Waals surface area contributed by atoms with Gasteiger partial charge in [0, 0.05) is 6.54 Å². The Morgan fingerprint density at radius 1 is 1.23 bits per heavy atom. The molecule has 22 heavy (non-hydrogen) atoms. The van der Waals surface area contributed by atoms with Gasteiger partial charge in [-0.15, -0.1) is 0 Å². The molecule has 0 atom stereocenters. The van der Waals surface area contributed by atoms with Crippen LogP contribution >= 0.6 is 0 Å². The molecule has 1 aromatic carbocycles. The van der Waals surface area contributed by atoms with Crippen LogP contribution in [0.25, 0.3) is 0 Å². The summed E-state index contributed by atoms with van der Waals surface area (Å²) in [7, 11) is -3.26. The molecule has 1 aliphatic heterocycles. The Bertz CT molecular complexity index is 661. The lowest BCUT2D eigenvalue weighted by Gasteiger charge is -2.21. The van der Waals surface area contributed by atoms with Gasteiger partial charge >= 0.3 is 0 Å². The molecule has 0 saturated heterocycles. The highest BCUT2D eigenvalue weighted by Gasteiger charge is 2.28. The Hall–Kier alpha value is -1.76. The number of carbonyl (C=O) groups is 1. The molecule has 2 rings (SSSR count). The number of ether oxygens (including phenoxy) is 2. The van der Waals surface area contributed by atoms with Crippen molar-refractivity contribution < 1.29 is 22.7 Å². The SMILES string of the molecule is CC(C)(C)S(=O)(=O)CCNC(=O)c1cccc2c1OCCO2. The summed E-state index contributed by atoms with van der Waals surface area (Å²) >= 11 is 0. The number of carbonyl (C=O) groups excluding carboxylic acids is 1. The van der Waals surface area contributed by atoms with Crippen LogP contribution in [0.15, 0.2) is 18.2 Å². The molecule has 1 heterocycles. The van der Waals surface area contributed by atoms with Crippen molar-refractivity contribution >= 4 is 15.7 Å². The number of hydrogen-bond donors (Lipinski definition) is 1. The molecule has 0 spiro atoms. The highest BCUT2D eigenvalue weighted by molar-refractivity contribution is 7.92. The molecule has 0 bridgehead atoms. The van der Waals surface area contributed by atoms with E-state index in [9.17, 15) is 13.2 Å². The molecule has 1 amide bonds. The van der Waals surface area contributed by atoms with Crippen molar-refractivity contribution in [3.05, 3.63) is 23.8 Å². The molecule has 6 nitrogen and oxygen atoms in total. The Balaban J connectivity index is 2.02. The van der Waals surface area contributed by atoms with Gasteiger partial charge in [0.25, 0.3) is 5.91 Å². The minimum Gasteiger partial charge on any atom is -0.486 e. The van der Waals surface area contributed by atoms with Gasteiger partial charge in [-0.2, -0.15) is 0 Å². The fourth-order valence-electron chi connectivity index (χ4n) is 1.95. The van der Waals surface area contributed by atoms with E-state index in [1.165, 1.54) is 0 Å². The zero-order valence-electron chi connectivity index (χ0n) is 13.0. The molecule has 0 aliphatic carbocycles. The molecule has 1 N–H and O–H groups in total. The van der Waals surface area contributed by atoms with Crippen LogP contribution < -0.4 is 14.8 Å². The summed E-state index contributed by atoms with van der Waals surface area (Å²) in [5.41, 5.74) is 0.352. The van der Waals surface area contributed by atoms with E-state index in [-0.39, 0.29) is 18.2 Å². The van der Waals surface area contributed by atoms with Gasteiger partial charge in [-0.3, -0.25) is 4.79 Å². The summed E-state index contributed by atoms with van der Waals surface area (Å²) < 4.78 is 34.1. The number of sulfone groups is 1. The van der Waals surface area contributed by atoms with E-state index in [2.05, 4.69) is 5.32 Å². The molecule has 0 unspecified atom stereocenters. The molecular formula is C15H21NO5S. The minimum atomic E-state index is -3.26. The Morgan fingerprint density at radius 2 is 1.91 bits per heavy atom. The number of hydrogen-bond acceptors (Lipinski definition) is 5. The third kappa shape index (κ3) is 3.52. The summed E-state index contributed by atoms with van der Waals surface area (Å²) in [4.78, 5) is 12.2. The number of fused-ring (bicyclic) bond motifs is 1. The lowest BCUT2D eigenvalue weighted by Crippen LogP contribution is -2.36. The van der Waals surface area contributed by atoms with Gasteiger partial charge in [0.15, 0.2) is 21.3 Å². The first-order valence-electron chi connectivity index (χ1n) is 7.11. The number of nitrogens with one attached hydrogen (secondary N) is 1. The van der Waals surface area contributed by atoms with Crippen molar-refractivity contribution in [1.82, 2.24) is 5.32 Å². The second kappa shape index (κ2) is 6.16. The maximum Gasteiger partial charge on any atom is 0.255 e. The highest BCUT2D eigenvalue weighted by atomic mass is 32.2. The molecule has 7 heteroatoms. The fourth-order valence-corrected chi connectivity index (χ4v) is 2.94. The van der Waals surface area contributed by atoms with Crippen LogP contribution in [0.5, 0.6) is 11.5 Å². The Kier molecular flexibility index (Phi) is 4.65. The van der Waals surface area contributed by atoms with Gasteiger partial charge in [-0.05, 0) is 32.9 Å². The second-order valence-electron chi connectivity index (χ2n) is 6.02. The van der Waals surface area contributed by atoms with E-state index in [4.69, 9.17) is 9.47 Å². The first-order valence-corrected chi connectivity index (χ1v) is 8.77. The summed E-state index contributed by atoms with van der Waals surface area (Å²) in [5.74, 6) is 0.465. The molecular weight excluding hydrogens is 306 g/mol. The van der Waals surface area contributed by atoms with E-state index in [1.807, 2.05) is 0 Å². The molecule has 122 valence electrons. The molecule has 0 aromatic heterocycles. The Labute approximate surface area is 130 Å². The quantitative estimate of drug-likeness (QED) is 0.904. The molecule has 1 aliphatic rings. The lowest BCUT2D eigenvalue weighted by molar-refractivity contribution is 0.0945. The zero-order chi connectivity index (χ0) is 16.4. The third-order valence-corrected chi connectivity index (χ3v) is 6.01. The van der Waals surface area contributed by atoms with Gasteiger partial charge in [0.2, 0.25) is 0 Å². The molecule has 0 radical (unpaired) electrons. The normalized spacial score (nSPS) is 14.5. The Morgan fingerprint density at radius 3 is 2.59 bits per heavy atom. The topological polar surface area (TPSA) is 81.7 Å². The van der Waals surface area contributed by atoms with Crippen LogP contribution in [0.1, 0.15) is 31.1 Å². The van der Waals surface area contributed by atoms with Gasteiger partial charge < -0.3 is 14.8 Å². The summed E-state index contributed by atoms with van der Waals surface area (Å²) in [6.07, 6.45) is 0. The van der Waals surface area contributed by atoms with E-state index in [1.54, 1.807) is 39.0 Å². The van der Waals surface area contributed by atoms with Crippen molar-refractivity contribution in [2.75, 3.05) is 25.5 Å². The van der Waals surface area contributed by atoms with E-state index >= 15 is 0 Å². The first kappa shape index (κ1) is 16.6. The predicted molar refractivity (Wildman–Crippen MR) is 83.3 cm³/mol. The van der Waals surface area contributed by atoms with Gasteiger partial charge in [-0.25, -0.2) is 8.42 Å². The molecule has 1 aromatic rings. The van der Waals surface area contributed by atoms with Crippen LogP contribution in [0, 0.1) is 0 Å². The summed E-state index contributed by atoms with van der Waals surface area (Å²) in [6.45, 7) is 5.81. The zero-order valence-corrected chi connectivity index (χ0v) is 13.8. The van der Waals surface area contributed by atoms with Crippen molar-refractivity contribution in [3.63, 3.8) is 0 Å². The number of amides is 1. The minimum absolute atomic E-state index is 0.0585. The van der Waals surface area contributed by atoms with Crippen LogP contribution in [-0.4, -0.2) is 44.6 Å². The van der Waals surface area contributed by atoms with Gasteiger partial charge in [0.1, 0.15) is 13.2 Å². The van der Waals surface area contributed by atoms with E-state index in [0.717, 1.165) is 0 Å². The number of para-hydroxylation sites is 1. The third-order valence-electron chi connectivity index (χ3n) is 3.40. The molecule has 0 saturated carbocycles. The number of rotatable bonds is 4. The highest BCUT2D eigenvalue weighted by Crippen LogP contribution is 2.33. The first-order chi connectivity index (χ1) is 10.2. The van der Waals surface area contributed by atoms with E-state index < -0.39 is 14.6 Å². The number of benzene rings is 1. The molecule has 0 fully saturated rings. The second-order valence-corrected chi connectivity index (χ2v) is 8.88. The maximum absolute atomic E-state index is 12.2. The largest absolute Gasteiger partial charge is 0.486 e. The van der Waals surface area contributed by atoms with Crippen LogP contribution in [0.3, 0.4) is 0 Å². The van der Waals surface area contributed by atoms with Crippen molar-refractivity contribution in [3.8, 4) is 11.5 Å². The summed E-state index contributed by atoms with van der Waals surface area (Å²) in [6, 6.07) is 5.06. The average Bonchev–Trinajstić information content (AvgIpc) is 2.45. The van der Waals surface area contributed by atoms with Crippen LogP contribution in [0.4, 0.5) is 0 Å². The standard InChI is InChI=1S/C15H21NO5S/c1-15(2,3)22(18,19)10-7-16-14(17)11-5-4-6-12-13(11)21-9-8-20-12/h4-6H,7-10H2,1-3H3,(H,16,17). The van der Waals surface area contributed by atoms with Crippen LogP contribution in [-0.2, 0) is 9.84 Å². The smallest absolute Gasteiger partial charge is 0.255 e. The van der Waals surface area contributed by atoms with Crippen molar-refractivity contribution in [2.45, 2.75) is 25.5 Å². The van der Waals surface area contributed by atoms with Crippen molar-refractivity contribution in [1.29, 1.82) is 0 Å².